The minimum Gasteiger partial charge on any atom is -0.385 e. The van der Waals surface area contributed by atoms with Crippen LogP contribution in [0.2, 0.25) is 5.02 Å². The normalized spacial score (nSPS) is 12.3. The molecule has 1 heterocycles. The van der Waals surface area contributed by atoms with Crippen molar-refractivity contribution < 1.29 is 5.11 Å². The Bertz CT molecular complexity index is 468. The molecule has 0 radical (unpaired) electrons. The Hall–Kier alpha value is -0.570. The van der Waals surface area contributed by atoms with Gasteiger partial charge >= 0.3 is 0 Å². The molecule has 1 nitrogen and oxygen atoms in total. The molecule has 0 saturated heterocycles. The average molecular weight is 227 g/mol. The number of fused-ring (bicyclic) bond motifs is 1. The zero-order chi connectivity index (χ0) is 10.3. The zero-order valence-electron chi connectivity index (χ0n) is 8.04. The van der Waals surface area contributed by atoms with Crippen LogP contribution in [0.15, 0.2) is 24.3 Å². The number of aliphatic hydroxyl groups is 1. The average Bonchev–Trinajstić information content (AvgIpc) is 2.45. The van der Waals surface area contributed by atoms with Gasteiger partial charge in [-0.1, -0.05) is 11.6 Å². The summed E-state index contributed by atoms with van der Waals surface area (Å²) in [7, 11) is 0. The van der Waals surface area contributed by atoms with E-state index in [1.807, 2.05) is 24.3 Å². The summed E-state index contributed by atoms with van der Waals surface area (Å²) in [5, 5.41) is 11.7. The number of halogens is 1. The molecule has 0 atom stereocenters. The van der Waals surface area contributed by atoms with Crippen molar-refractivity contribution in [3.8, 4) is 0 Å². The summed E-state index contributed by atoms with van der Waals surface area (Å²) in [5.74, 6) is 0. The molecule has 0 aliphatic heterocycles. The quantitative estimate of drug-likeness (QED) is 0.785. The lowest BCUT2D eigenvalue weighted by Crippen LogP contribution is -2.12. The summed E-state index contributed by atoms with van der Waals surface area (Å²) < 4.78 is 1.16. The van der Waals surface area contributed by atoms with Gasteiger partial charge in [0.15, 0.2) is 0 Å². The highest BCUT2D eigenvalue weighted by atomic mass is 35.5. The second kappa shape index (κ2) is 3.23. The summed E-state index contributed by atoms with van der Waals surface area (Å²) >= 11 is 7.49. The molecule has 74 valence electrons. The lowest BCUT2D eigenvalue weighted by Gasteiger charge is -2.13. The highest BCUT2D eigenvalue weighted by Gasteiger charge is 2.18. The smallest absolute Gasteiger partial charge is 0.0932 e. The molecule has 0 fully saturated rings. The Morgan fingerprint density at radius 3 is 2.64 bits per heavy atom. The van der Waals surface area contributed by atoms with Crippen LogP contribution in [0.5, 0.6) is 0 Å². The van der Waals surface area contributed by atoms with Crippen molar-refractivity contribution in [2.45, 2.75) is 19.4 Å². The molecule has 14 heavy (non-hydrogen) atoms. The van der Waals surface area contributed by atoms with E-state index in [2.05, 4.69) is 0 Å². The molecule has 1 aromatic carbocycles. The molecular weight excluding hydrogens is 216 g/mol. The van der Waals surface area contributed by atoms with Crippen molar-refractivity contribution >= 4 is 33.0 Å². The molecule has 0 saturated carbocycles. The number of hydrogen-bond donors (Lipinski definition) is 1. The van der Waals surface area contributed by atoms with Crippen molar-refractivity contribution in [2.75, 3.05) is 0 Å². The third kappa shape index (κ3) is 1.78. The first-order chi connectivity index (χ1) is 6.47. The summed E-state index contributed by atoms with van der Waals surface area (Å²) in [4.78, 5) is 0.967. The lowest BCUT2D eigenvalue weighted by atomic mass is 10.1. The maximum atomic E-state index is 9.84. The first-order valence-corrected chi connectivity index (χ1v) is 5.58. The third-order valence-corrected chi connectivity index (χ3v) is 3.75. The molecule has 0 spiro atoms. The summed E-state index contributed by atoms with van der Waals surface area (Å²) in [6.07, 6.45) is 0. The molecule has 0 aliphatic carbocycles. The number of thiophene rings is 1. The van der Waals surface area contributed by atoms with Crippen LogP contribution < -0.4 is 0 Å². The molecule has 2 aromatic rings. The van der Waals surface area contributed by atoms with Crippen molar-refractivity contribution in [1.29, 1.82) is 0 Å². The van der Waals surface area contributed by atoms with Gasteiger partial charge in [-0.3, -0.25) is 0 Å². The van der Waals surface area contributed by atoms with Crippen molar-refractivity contribution in [1.82, 2.24) is 0 Å². The fourth-order valence-electron chi connectivity index (χ4n) is 1.32. The number of rotatable bonds is 1. The van der Waals surface area contributed by atoms with Crippen LogP contribution >= 0.6 is 22.9 Å². The molecule has 0 bridgehead atoms. The fourth-order valence-corrected chi connectivity index (χ4v) is 2.54. The van der Waals surface area contributed by atoms with E-state index in [1.165, 1.54) is 0 Å². The molecule has 1 aromatic heterocycles. The van der Waals surface area contributed by atoms with Gasteiger partial charge in [-0.15, -0.1) is 11.3 Å². The van der Waals surface area contributed by atoms with E-state index in [0.29, 0.717) is 0 Å². The number of hydrogen-bond acceptors (Lipinski definition) is 2. The van der Waals surface area contributed by atoms with E-state index < -0.39 is 5.60 Å². The van der Waals surface area contributed by atoms with Gasteiger partial charge in [0.2, 0.25) is 0 Å². The fraction of sp³-hybridized carbons (Fsp3) is 0.273. The van der Waals surface area contributed by atoms with Crippen LogP contribution in [-0.2, 0) is 5.60 Å². The topological polar surface area (TPSA) is 20.2 Å². The molecule has 0 amide bonds. The Labute approximate surface area is 91.9 Å². The highest BCUT2D eigenvalue weighted by molar-refractivity contribution is 7.19. The first-order valence-electron chi connectivity index (χ1n) is 4.39. The van der Waals surface area contributed by atoms with Crippen LogP contribution in [0, 0.1) is 0 Å². The van der Waals surface area contributed by atoms with Crippen LogP contribution in [0.25, 0.3) is 10.1 Å². The van der Waals surface area contributed by atoms with E-state index in [-0.39, 0.29) is 0 Å². The molecule has 3 heteroatoms. The van der Waals surface area contributed by atoms with Crippen molar-refractivity contribution in [2.24, 2.45) is 0 Å². The Balaban J connectivity index is 2.63. The minimum atomic E-state index is -0.768. The van der Waals surface area contributed by atoms with Gasteiger partial charge in [-0.05, 0) is 43.5 Å². The second-order valence-corrected chi connectivity index (χ2v) is 5.37. The van der Waals surface area contributed by atoms with Gasteiger partial charge in [0, 0.05) is 14.6 Å². The van der Waals surface area contributed by atoms with E-state index in [0.717, 1.165) is 20.0 Å². The van der Waals surface area contributed by atoms with Crippen molar-refractivity contribution in [3.05, 3.63) is 34.2 Å². The predicted molar refractivity (Wildman–Crippen MR) is 62.1 cm³/mol. The summed E-state index contributed by atoms with van der Waals surface area (Å²) in [6.45, 7) is 3.58. The third-order valence-electron chi connectivity index (χ3n) is 2.08. The molecule has 0 unspecified atom stereocenters. The van der Waals surface area contributed by atoms with E-state index in [9.17, 15) is 5.11 Å². The van der Waals surface area contributed by atoms with E-state index in [1.54, 1.807) is 25.2 Å². The SMILES string of the molecule is CC(C)(O)c1cc2cc(Cl)ccc2s1. The Morgan fingerprint density at radius 1 is 1.29 bits per heavy atom. The van der Waals surface area contributed by atoms with Crippen molar-refractivity contribution in [3.63, 3.8) is 0 Å². The molecule has 1 N–H and O–H groups in total. The van der Waals surface area contributed by atoms with Crippen LogP contribution in [0.1, 0.15) is 18.7 Å². The monoisotopic (exact) mass is 226 g/mol. The zero-order valence-corrected chi connectivity index (χ0v) is 9.62. The van der Waals surface area contributed by atoms with Gasteiger partial charge in [0.25, 0.3) is 0 Å². The maximum Gasteiger partial charge on any atom is 0.0932 e. The van der Waals surface area contributed by atoms with Crippen LogP contribution in [0.4, 0.5) is 0 Å². The lowest BCUT2D eigenvalue weighted by molar-refractivity contribution is 0.0826. The van der Waals surface area contributed by atoms with Gasteiger partial charge in [0.05, 0.1) is 5.60 Å². The maximum absolute atomic E-state index is 9.84. The summed E-state index contributed by atoms with van der Waals surface area (Å²) in [6, 6.07) is 7.76. The minimum absolute atomic E-state index is 0.734. The molecule has 2 rings (SSSR count). The largest absolute Gasteiger partial charge is 0.385 e. The highest BCUT2D eigenvalue weighted by Crippen LogP contribution is 2.33. The van der Waals surface area contributed by atoms with Gasteiger partial charge in [-0.2, -0.15) is 0 Å². The van der Waals surface area contributed by atoms with Gasteiger partial charge in [0.1, 0.15) is 0 Å². The van der Waals surface area contributed by atoms with Gasteiger partial charge in [-0.25, -0.2) is 0 Å². The molecule has 0 aliphatic rings. The Kier molecular flexibility index (Phi) is 2.30. The predicted octanol–water partition coefficient (Wildman–Crippen LogP) is 3.78. The van der Waals surface area contributed by atoms with Gasteiger partial charge < -0.3 is 5.11 Å². The van der Waals surface area contributed by atoms with E-state index >= 15 is 0 Å². The first kappa shape index (κ1) is 9.97. The summed E-state index contributed by atoms with van der Waals surface area (Å²) in [5.41, 5.74) is -0.768. The van der Waals surface area contributed by atoms with Crippen LogP contribution in [0.3, 0.4) is 0 Å². The van der Waals surface area contributed by atoms with E-state index in [4.69, 9.17) is 11.6 Å². The second-order valence-electron chi connectivity index (χ2n) is 3.85. The van der Waals surface area contributed by atoms with Crippen LogP contribution in [-0.4, -0.2) is 5.11 Å². The molecular formula is C11H11ClOS. The number of benzene rings is 1. The Morgan fingerprint density at radius 2 is 2.00 bits per heavy atom. The standard InChI is InChI=1S/C11H11ClOS/c1-11(2,13)10-6-7-5-8(12)3-4-9(7)14-10/h3-6,13H,1-2H3.